The molecular weight excluding hydrogens is 294 g/mol. The van der Waals surface area contributed by atoms with Crippen molar-refractivity contribution in [1.82, 2.24) is 5.32 Å². The predicted molar refractivity (Wildman–Crippen MR) is 70.8 cm³/mol. The summed E-state index contributed by atoms with van der Waals surface area (Å²) < 4.78 is 1.21. The van der Waals surface area contributed by atoms with Crippen molar-refractivity contribution in [2.75, 3.05) is 5.88 Å². The van der Waals surface area contributed by atoms with E-state index in [4.69, 9.17) is 11.6 Å². The van der Waals surface area contributed by atoms with Gasteiger partial charge in [0.05, 0.1) is 0 Å². The smallest absolute Gasteiger partial charge is 0.0406 e. The molecule has 0 radical (unpaired) electrons. The summed E-state index contributed by atoms with van der Waals surface area (Å²) in [5.41, 5.74) is 0.199. The van der Waals surface area contributed by atoms with Crippen LogP contribution in [0, 0.1) is 0 Å². The highest BCUT2D eigenvalue weighted by molar-refractivity contribution is 9.10. The Kier molecular flexibility index (Phi) is 4.10. The first-order valence-corrected chi connectivity index (χ1v) is 7.49. The van der Waals surface area contributed by atoms with Crippen molar-refractivity contribution in [3.63, 3.8) is 0 Å². The van der Waals surface area contributed by atoms with E-state index in [0.717, 1.165) is 12.4 Å². The van der Waals surface area contributed by atoms with Crippen LogP contribution in [-0.2, 0) is 6.54 Å². The van der Waals surface area contributed by atoms with Gasteiger partial charge >= 0.3 is 0 Å². The van der Waals surface area contributed by atoms with Gasteiger partial charge in [-0.05, 0) is 40.2 Å². The summed E-state index contributed by atoms with van der Waals surface area (Å²) >= 11 is 11.4. The molecule has 1 nitrogen and oxygen atoms in total. The van der Waals surface area contributed by atoms with Crippen LogP contribution in [0.3, 0.4) is 0 Å². The van der Waals surface area contributed by atoms with Crippen LogP contribution in [0.1, 0.15) is 30.6 Å². The SMILES string of the molecule is ClCC1(NCc2sccc2Br)CCCC1. The third kappa shape index (κ3) is 2.76. The van der Waals surface area contributed by atoms with Crippen LogP contribution in [0.15, 0.2) is 15.9 Å². The average Bonchev–Trinajstić information content (AvgIpc) is 2.85. The Hall–Kier alpha value is 0.430. The molecule has 1 fully saturated rings. The molecule has 1 aliphatic rings. The van der Waals surface area contributed by atoms with Crippen LogP contribution in [0.4, 0.5) is 0 Å². The van der Waals surface area contributed by atoms with Gasteiger partial charge in [0.1, 0.15) is 0 Å². The van der Waals surface area contributed by atoms with Crippen LogP contribution < -0.4 is 5.32 Å². The molecule has 2 rings (SSSR count). The van der Waals surface area contributed by atoms with Gasteiger partial charge in [0.25, 0.3) is 0 Å². The second-order valence-electron chi connectivity index (χ2n) is 4.17. The maximum Gasteiger partial charge on any atom is 0.0406 e. The van der Waals surface area contributed by atoms with Crippen molar-refractivity contribution >= 4 is 38.9 Å². The van der Waals surface area contributed by atoms with Crippen molar-refractivity contribution in [1.29, 1.82) is 0 Å². The fourth-order valence-electron chi connectivity index (χ4n) is 2.13. The Balaban J connectivity index is 1.94. The largest absolute Gasteiger partial charge is 0.305 e. The molecule has 1 saturated carbocycles. The Morgan fingerprint density at radius 2 is 2.20 bits per heavy atom. The lowest BCUT2D eigenvalue weighted by atomic mass is 10.0. The summed E-state index contributed by atoms with van der Waals surface area (Å²) in [6.07, 6.45) is 5.07. The van der Waals surface area contributed by atoms with E-state index < -0.39 is 0 Å². The van der Waals surface area contributed by atoms with Gasteiger partial charge in [0.2, 0.25) is 0 Å². The standard InChI is InChI=1S/C11H15BrClNS/c12-9-3-6-15-10(9)7-14-11(8-13)4-1-2-5-11/h3,6,14H,1-2,4-5,7-8H2. The van der Waals surface area contributed by atoms with E-state index in [1.165, 1.54) is 35.0 Å². The van der Waals surface area contributed by atoms with Gasteiger partial charge in [-0.3, -0.25) is 0 Å². The van der Waals surface area contributed by atoms with Crippen LogP contribution in [0.2, 0.25) is 0 Å². The second-order valence-corrected chi connectivity index (χ2v) is 6.29. The van der Waals surface area contributed by atoms with Gasteiger partial charge in [-0.15, -0.1) is 22.9 Å². The molecule has 0 spiro atoms. The fourth-order valence-corrected chi connectivity index (χ4v) is 3.92. The van der Waals surface area contributed by atoms with Crippen LogP contribution in [0.25, 0.3) is 0 Å². The number of thiophene rings is 1. The minimum atomic E-state index is 0.199. The molecule has 0 aromatic carbocycles. The molecule has 0 amide bonds. The quantitative estimate of drug-likeness (QED) is 0.824. The average molecular weight is 309 g/mol. The zero-order valence-electron chi connectivity index (χ0n) is 8.56. The molecule has 1 aliphatic carbocycles. The molecule has 0 bridgehead atoms. The Labute approximate surface area is 108 Å². The van der Waals surface area contributed by atoms with Crippen molar-refractivity contribution in [3.8, 4) is 0 Å². The van der Waals surface area contributed by atoms with E-state index in [0.29, 0.717) is 0 Å². The summed E-state index contributed by atoms with van der Waals surface area (Å²) in [7, 11) is 0. The van der Waals surface area contributed by atoms with E-state index in [2.05, 4.69) is 32.7 Å². The minimum absolute atomic E-state index is 0.199. The lowest BCUT2D eigenvalue weighted by Crippen LogP contribution is -2.43. The lowest BCUT2D eigenvalue weighted by molar-refractivity contribution is 0.369. The topological polar surface area (TPSA) is 12.0 Å². The van der Waals surface area contributed by atoms with Crippen molar-refractivity contribution in [2.24, 2.45) is 0 Å². The molecule has 4 heteroatoms. The van der Waals surface area contributed by atoms with Gasteiger partial charge in [-0.1, -0.05) is 12.8 Å². The summed E-state index contributed by atoms with van der Waals surface area (Å²) in [5, 5.41) is 5.75. The van der Waals surface area contributed by atoms with Gasteiger partial charge in [0, 0.05) is 27.3 Å². The summed E-state index contributed by atoms with van der Waals surface area (Å²) in [4.78, 5) is 1.37. The number of rotatable bonds is 4. The van der Waals surface area contributed by atoms with Crippen molar-refractivity contribution in [3.05, 3.63) is 20.8 Å². The number of halogens is 2. The Morgan fingerprint density at radius 3 is 2.73 bits per heavy atom. The molecule has 1 aromatic rings. The number of hydrogen-bond donors (Lipinski definition) is 1. The Bertz CT molecular complexity index is 320. The summed E-state index contributed by atoms with van der Waals surface area (Å²) in [6.45, 7) is 0.935. The van der Waals surface area contributed by atoms with E-state index in [1.54, 1.807) is 11.3 Å². The molecule has 0 aliphatic heterocycles. The van der Waals surface area contributed by atoms with E-state index >= 15 is 0 Å². The first kappa shape index (κ1) is 11.9. The van der Waals surface area contributed by atoms with Crippen LogP contribution in [-0.4, -0.2) is 11.4 Å². The molecule has 1 N–H and O–H groups in total. The molecule has 84 valence electrons. The van der Waals surface area contributed by atoms with E-state index in [9.17, 15) is 0 Å². The van der Waals surface area contributed by atoms with Crippen LogP contribution in [0.5, 0.6) is 0 Å². The molecule has 0 saturated heterocycles. The normalized spacial score (nSPS) is 19.6. The highest BCUT2D eigenvalue weighted by atomic mass is 79.9. The zero-order chi connectivity index (χ0) is 10.7. The number of alkyl halides is 1. The van der Waals surface area contributed by atoms with Crippen molar-refractivity contribution < 1.29 is 0 Å². The summed E-state index contributed by atoms with van der Waals surface area (Å²) in [6, 6.07) is 2.10. The molecule has 15 heavy (non-hydrogen) atoms. The lowest BCUT2D eigenvalue weighted by Gasteiger charge is -2.27. The molecule has 0 atom stereocenters. The van der Waals surface area contributed by atoms with E-state index in [-0.39, 0.29) is 5.54 Å². The second kappa shape index (κ2) is 5.17. The maximum atomic E-state index is 6.07. The third-order valence-electron chi connectivity index (χ3n) is 3.13. The first-order valence-electron chi connectivity index (χ1n) is 5.29. The fraction of sp³-hybridized carbons (Fsp3) is 0.636. The summed E-state index contributed by atoms with van der Waals surface area (Å²) in [5.74, 6) is 0.732. The molecule has 1 heterocycles. The minimum Gasteiger partial charge on any atom is -0.305 e. The van der Waals surface area contributed by atoms with E-state index in [1.807, 2.05) is 0 Å². The first-order chi connectivity index (χ1) is 7.26. The van der Waals surface area contributed by atoms with Crippen LogP contribution >= 0.6 is 38.9 Å². The monoisotopic (exact) mass is 307 g/mol. The zero-order valence-corrected chi connectivity index (χ0v) is 11.7. The third-order valence-corrected chi connectivity index (χ3v) is 5.57. The predicted octanol–water partition coefficient (Wildman–Crippen LogP) is 4.15. The highest BCUT2D eigenvalue weighted by Crippen LogP contribution is 2.32. The van der Waals surface area contributed by atoms with Crippen molar-refractivity contribution in [2.45, 2.75) is 37.8 Å². The van der Waals surface area contributed by atoms with Gasteiger partial charge < -0.3 is 5.32 Å². The Morgan fingerprint density at radius 1 is 1.47 bits per heavy atom. The number of nitrogens with one attached hydrogen (secondary N) is 1. The number of hydrogen-bond acceptors (Lipinski definition) is 2. The molecule has 1 aromatic heterocycles. The van der Waals surface area contributed by atoms with Gasteiger partial charge in [-0.25, -0.2) is 0 Å². The highest BCUT2D eigenvalue weighted by Gasteiger charge is 2.32. The van der Waals surface area contributed by atoms with Gasteiger partial charge in [0.15, 0.2) is 0 Å². The molecular formula is C11H15BrClNS. The van der Waals surface area contributed by atoms with Gasteiger partial charge in [-0.2, -0.15) is 0 Å². The molecule has 0 unspecified atom stereocenters. The maximum absolute atomic E-state index is 6.07.